The standard InChI is InChI=1S/C8H8BrClN2O2S/c9-1-3-2-15-8-4(11)7(14)12(8)5(3)6(10)13/h4,8H,1-2,11H2/t4-,8-/m1/s1. The number of halogens is 2. The third-order valence-corrected chi connectivity index (χ3v) is 4.65. The molecular weight excluding hydrogens is 304 g/mol. The summed E-state index contributed by atoms with van der Waals surface area (Å²) in [5.74, 6) is 0.455. The third-order valence-electron chi connectivity index (χ3n) is 2.44. The number of allylic oxidation sites excluding steroid dienone is 1. The zero-order valence-electron chi connectivity index (χ0n) is 7.57. The summed E-state index contributed by atoms with van der Waals surface area (Å²) in [6, 6.07) is -0.502. The summed E-state index contributed by atoms with van der Waals surface area (Å²) in [4.78, 5) is 24.2. The average Bonchev–Trinajstić information content (AvgIpc) is 2.25. The van der Waals surface area contributed by atoms with Crippen LogP contribution in [0.2, 0.25) is 0 Å². The summed E-state index contributed by atoms with van der Waals surface area (Å²) in [5.41, 5.74) is 6.78. The van der Waals surface area contributed by atoms with E-state index in [1.54, 1.807) is 11.8 Å². The molecule has 2 rings (SSSR count). The lowest BCUT2D eigenvalue weighted by Gasteiger charge is -2.48. The van der Waals surface area contributed by atoms with Crippen molar-refractivity contribution in [1.29, 1.82) is 0 Å². The van der Waals surface area contributed by atoms with E-state index in [2.05, 4.69) is 15.9 Å². The Kier molecular flexibility index (Phi) is 3.12. The van der Waals surface area contributed by atoms with Crippen LogP contribution in [0.25, 0.3) is 0 Å². The molecule has 15 heavy (non-hydrogen) atoms. The Hall–Kier alpha value is -0.0400. The monoisotopic (exact) mass is 310 g/mol. The van der Waals surface area contributed by atoms with Gasteiger partial charge in [-0.25, -0.2) is 0 Å². The fraction of sp³-hybridized carbons (Fsp3) is 0.500. The minimum Gasteiger partial charge on any atom is -0.317 e. The Morgan fingerprint density at radius 1 is 1.73 bits per heavy atom. The van der Waals surface area contributed by atoms with Crippen molar-refractivity contribution in [3.8, 4) is 0 Å². The summed E-state index contributed by atoms with van der Waals surface area (Å²) in [6.45, 7) is 0. The first-order valence-electron chi connectivity index (χ1n) is 4.26. The number of β-lactam (4-membered cyclic amide) rings is 1. The fourth-order valence-corrected chi connectivity index (χ4v) is 3.91. The summed E-state index contributed by atoms with van der Waals surface area (Å²) < 4.78 is 0. The molecule has 2 heterocycles. The molecule has 4 nitrogen and oxygen atoms in total. The largest absolute Gasteiger partial charge is 0.317 e. The van der Waals surface area contributed by atoms with Gasteiger partial charge >= 0.3 is 0 Å². The number of hydrogen-bond donors (Lipinski definition) is 1. The molecule has 0 aromatic heterocycles. The second-order valence-corrected chi connectivity index (χ2v) is 5.30. The van der Waals surface area contributed by atoms with Gasteiger partial charge in [-0.05, 0) is 17.2 Å². The van der Waals surface area contributed by atoms with Gasteiger partial charge in [0.1, 0.15) is 17.1 Å². The summed E-state index contributed by atoms with van der Waals surface area (Å²) >= 11 is 10.3. The van der Waals surface area contributed by atoms with Crippen LogP contribution in [0.15, 0.2) is 11.3 Å². The van der Waals surface area contributed by atoms with Gasteiger partial charge in [0, 0.05) is 11.1 Å². The quantitative estimate of drug-likeness (QED) is 0.462. The Morgan fingerprint density at radius 2 is 2.40 bits per heavy atom. The van der Waals surface area contributed by atoms with E-state index in [-0.39, 0.29) is 11.3 Å². The van der Waals surface area contributed by atoms with E-state index in [4.69, 9.17) is 17.3 Å². The van der Waals surface area contributed by atoms with Gasteiger partial charge in [-0.3, -0.25) is 14.5 Å². The molecule has 82 valence electrons. The molecule has 2 atom stereocenters. The molecule has 2 aliphatic heterocycles. The van der Waals surface area contributed by atoms with Gasteiger partial charge in [-0.15, -0.1) is 11.8 Å². The van der Waals surface area contributed by atoms with E-state index in [0.29, 0.717) is 16.8 Å². The third kappa shape index (κ3) is 1.63. The first-order chi connectivity index (χ1) is 7.07. The number of nitrogens with zero attached hydrogens (tertiary/aromatic N) is 1. The number of rotatable bonds is 2. The SMILES string of the molecule is N[C@@H]1C(=O)N2C(C(=O)Cl)=C(CBr)CS[C@H]12. The minimum absolute atomic E-state index is 0.127. The molecule has 0 aromatic rings. The molecule has 2 aliphatic rings. The van der Waals surface area contributed by atoms with E-state index in [0.717, 1.165) is 5.57 Å². The van der Waals surface area contributed by atoms with E-state index in [1.807, 2.05) is 0 Å². The summed E-state index contributed by atoms with van der Waals surface area (Å²) in [7, 11) is 0. The van der Waals surface area contributed by atoms with E-state index >= 15 is 0 Å². The van der Waals surface area contributed by atoms with Crippen molar-refractivity contribution >= 4 is 50.4 Å². The lowest BCUT2D eigenvalue weighted by Crippen LogP contribution is -2.68. The predicted molar refractivity (Wildman–Crippen MR) is 62.7 cm³/mol. The van der Waals surface area contributed by atoms with Gasteiger partial charge in [-0.1, -0.05) is 15.9 Å². The highest BCUT2D eigenvalue weighted by atomic mass is 79.9. The molecule has 0 aromatic carbocycles. The van der Waals surface area contributed by atoms with Crippen molar-refractivity contribution in [2.45, 2.75) is 11.4 Å². The number of thioether (sulfide) groups is 1. The second-order valence-electron chi connectivity index (χ2n) is 3.30. The lowest BCUT2D eigenvalue weighted by atomic mass is 10.1. The first kappa shape index (κ1) is 11.4. The Labute approximate surface area is 104 Å². The molecule has 2 N–H and O–H groups in total. The number of fused-ring (bicyclic) bond motifs is 1. The minimum atomic E-state index is -0.588. The Morgan fingerprint density at radius 3 is 2.93 bits per heavy atom. The topological polar surface area (TPSA) is 63.4 Å². The maximum atomic E-state index is 11.5. The summed E-state index contributed by atoms with van der Waals surface area (Å²) in [5, 5.41) is -0.174. The predicted octanol–water partition coefficient (Wildman–Crippen LogP) is 0.643. The number of amides is 1. The smallest absolute Gasteiger partial charge is 0.268 e. The van der Waals surface area contributed by atoms with Gasteiger partial charge < -0.3 is 5.73 Å². The zero-order valence-corrected chi connectivity index (χ0v) is 10.7. The molecule has 1 saturated heterocycles. The van der Waals surface area contributed by atoms with Crippen molar-refractivity contribution in [1.82, 2.24) is 4.90 Å². The van der Waals surface area contributed by atoms with Crippen LogP contribution < -0.4 is 5.73 Å². The van der Waals surface area contributed by atoms with Crippen LogP contribution in [0.3, 0.4) is 0 Å². The van der Waals surface area contributed by atoms with Gasteiger partial charge in [0.2, 0.25) is 5.91 Å². The van der Waals surface area contributed by atoms with Crippen molar-refractivity contribution in [3.05, 3.63) is 11.3 Å². The maximum Gasteiger partial charge on any atom is 0.268 e. The van der Waals surface area contributed by atoms with Crippen LogP contribution in [-0.2, 0) is 9.59 Å². The molecule has 0 spiro atoms. The van der Waals surface area contributed by atoms with Gasteiger partial charge in [0.05, 0.1) is 0 Å². The van der Waals surface area contributed by atoms with Crippen LogP contribution in [0.1, 0.15) is 0 Å². The average molecular weight is 312 g/mol. The number of carbonyl (C=O) groups excluding carboxylic acids is 2. The molecule has 1 amide bonds. The first-order valence-corrected chi connectivity index (χ1v) is 6.80. The fourth-order valence-electron chi connectivity index (χ4n) is 1.66. The molecule has 7 heteroatoms. The number of alkyl halides is 1. The zero-order chi connectivity index (χ0) is 11.2. The van der Waals surface area contributed by atoms with Gasteiger partial charge in [-0.2, -0.15) is 0 Å². The van der Waals surface area contributed by atoms with Crippen molar-refractivity contribution in [3.63, 3.8) is 0 Å². The maximum absolute atomic E-state index is 11.5. The second kappa shape index (κ2) is 4.08. The number of hydrogen-bond acceptors (Lipinski definition) is 4. The molecule has 0 saturated carbocycles. The lowest BCUT2D eigenvalue weighted by molar-refractivity contribution is -0.142. The molecule has 0 bridgehead atoms. The van der Waals surface area contributed by atoms with Crippen LogP contribution >= 0.6 is 39.3 Å². The highest BCUT2D eigenvalue weighted by molar-refractivity contribution is 9.09. The van der Waals surface area contributed by atoms with Crippen LogP contribution in [0.4, 0.5) is 0 Å². The van der Waals surface area contributed by atoms with Crippen LogP contribution in [0.5, 0.6) is 0 Å². The van der Waals surface area contributed by atoms with Gasteiger partial charge in [0.15, 0.2) is 0 Å². The van der Waals surface area contributed by atoms with Crippen molar-refractivity contribution < 1.29 is 9.59 Å². The normalized spacial score (nSPS) is 30.1. The van der Waals surface area contributed by atoms with E-state index in [1.165, 1.54) is 4.90 Å². The molecule has 0 radical (unpaired) electrons. The van der Waals surface area contributed by atoms with E-state index < -0.39 is 11.3 Å². The van der Waals surface area contributed by atoms with Crippen LogP contribution in [0, 0.1) is 0 Å². The Bertz CT molecular complexity index is 374. The molecular formula is C8H8BrClN2O2S. The van der Waals surface area contributed by atoms with Crippen molar-refractivity contribution in [2.24, 2.45) is 5.73 Å². The number of carbonyl (C=O) groups is 2. The molecule has 0 unspecified atom stereocenters. The molecule has 1 fully saturated rings. The highest BCUT2D eigenvalue weighted by Crippen LogP contribution is 2.40. The van der Waals surface area contributed by atoms with Crippen molar-refractivity contribution in [2.75, 3.05) is 11.1 Å². The van der Waals surface area contributed by atoms with Gasteiger partial charge in [0.25, 0.3) is 5.24 Å². The van der Waals surface area contributed by atoms with Crippen LogP contribution in [-0.4, -0.2) is 38.5 Å². The Balaban J connectivity index is 2.38. The summed E-state index contributed by atoms with van der Waals surface area (Å²) in [6.07, 6.45) is 0. The highest BCUT2D eigenvalue weighted by Gasteiger charge is 2.51. The van der Waals surface area contributed by atoms with E-state index in [9.17, 15) is 9.59 Å². The molecule has 0 aliphatic carbocycles. The number of nitrogens with two attached hydrogens (primary N) is 1.